The molecule has 1 aromatic rings. The Balaban J connectivity index is 1.35. The van der Waals surface area contributed by atoms with Gasteiger partial charge in [-0.2, -0.15) is 0 Å². The van der Waals surface area contributed by atoms with Crippen molar-refractivity contribution in [1.29, 1.82) is 0 Å². The Labute approximate surface area is 218 Å². The van der Waals surface area contributed by atoms with Crippen LogP contribution in [0.4, 0.5) is 0 Å². The van der Waals surface area contributed by atoms with Crippen LogP contribution in [0.3, 0.4) is 0 Å². The molecule has 2 saturated carbocycles. The molecule has 4 atom stereocenters. The fourth-order valence-corrected chi connectivity index (χ4v) is 7.45. The van der Waals surface area contributed by atoms with Crippen molar-refractivity contribution >= 4 is 17.6 Å². The maximum Gasteiger partial charge on any atom is 0.249 e. The average molecular weight is 510 g/mol. The molecule has 37 heavy (non-hydrogen) atoms. The zero-order valence-corrected chi connectivity index (χ0v) is 21.5. The Morgan fingerprint density at radius 2 is 1.76 bits per heavy atom. The van der Waals surface area contributed by atoms with E-state index in [4.69, 9.17) is 10.5 Å². The average Bonchev–Trinajstić information content (AvgIpc) is 3.61. The van der Waals surface area contributed by atoms with E-state index in [2.05, 4.69) is 11.0 Å². The molecule has 0 bridgehead atoms. The first-order valence-electron chi connectivity index (χ1n) is 14.2. The molecular weight excluding hydrogens is 470 g/mol. The number of hydrogen-bond donors (Lipinski definition) is 2. The maximum atomic E-state index is 14.3. The zero-order chi connectivity index (χ0) is 25.7. The van der Waals surface area contributed by atoms with E-state index in [1.807, 2.05) is 12.1 Å². The van der Waals surface area contributed by atoms with Gasteiger partial charge in [0.25, 0.3) is 0 Å². The van der Waals surface area contributed by atoms with E-state index in [9.17, 15) is 19.5 Å². The van der Waals surface area contributed by atoms with Crippen LogP contribution in [0, 0.1) is 5.92 Å². The Morgan fingerprint density at radius 1 is 1.03 bits per heavy atom. The van der Waals surface area contributed by atoms with Crippen LogP contribution >= 0.6 is 0 Å². The van der Waals surface area contributed by atoms with Crippen LogP contribution in [0.15, 0.2) is 18.2 Å². The minimum atomic E-state index is -0.883. The van der Waals surface area contributed by atoms with E-state index < -0.39 is 30.1 Å². The molecular formula is C29H39N3O5. The van der Waals surface area contributed by atoms with Crippen LogP contribution in [0.2, 0.25) is 0 Å². The number of nitrogens with zero attached hydrogens (tertiary/aromatic N) is 2. The number of ketones is 1. The summed E-state index contributed by atoms with van der Waals surface area (Å²) in [5, 5.41) is 10.6. The van der Waals surface area contributed by atoms with Crippen molar-refractivity contribution in [2.45, 2.75) is 93.9 Å². The molecule has 3 aliphatic heterocycles. The molecule has 5 aliphatic rings. The zero-order valence-electron chi connectivity index (χ0n) is 21.5. The number of primary amides is 1. The molecule has 0 unspecified atom stereocenters. The van der Waals surface area contributed by atoms with Crippen molar-refractivity contribution in [3.05, 3.63) is 34.9 Å². The number of Topliss-reactive ketones (excluding diaryl/α,β-unsaturated/α-hetero) is 1. The Bertz CT molecular complexity index is 1060. The summed E-state index contributed by atoms with van der Waals surface area (Å²) in [6, 6.07) is 5.93. The number of piperidine rings is 1. The van der Waals surface area contributed by atoms with Crippen molar-refractivity contribution in [2.75, 3.05) is 26.2 Å². The lowest BCUT2D eigenvalue weighted by atomic mass is 9.73. The first-order chi connectivity index (χ1) is 17.9. The fourth-order valence-electron chi connectivity index (χ4n) is 7.45. The molecule has 1 aromatic carbocycles. The molecule has 0 spiro atoms. The van der Waals surface area contributed by atoms with E-state index in [-0.39, 0.29) is 30.8 Å². The van der Waals surface area contributed by atoms with Crippen molar-refractivity contribution in [3.8, 4) is 0 Å². The fraction of sp³-hybridized carbons (Fsp3) is 0.690. The number of aliphatic hydroxyl groups excluding tert-OH is 1. The van der Waals surface area contributed by atoms with Crippen LogP contribution in [0.25, 0.3) is 0 Å². The standard InChI is InChI=1S/C29H39N3O5/c30-28(35)21-9-6-19(17-10-12-31(13-11-17)20-7-8-20)14-22(21)25(18-4-2-1-3-5-18)29(36)32-15-23(33)27-26(32)24(34)16-37-27/h6,9,14,17-18,20,23,25-27,33H,1-5,7-8,10-13,15-16H2,(H2,30,35)/t23-,25-,26+,27+/m0/s1. The van der Waals surface area contributed by atoms with Gasteiger partial charge in [-0.15, -0.1) is 0 Å². The second-order valence-corrected chi connectivity index (χ2v) is 11.9. The Morgan fingerprint density at radius 3 is 2.43 bits per heavy atom. The van der Waals surface area contributed by atoms with Gasteiger partial charge in [-0.3, -0.25) is 14.4 Å². The van der Waals surface area contributed by atoms with Crippen molar-refractivity contribution in [2.24, 2.45) is 11.7 Å². The summed E-state index contributed by atoms with van der Waals surface area (Å²) < 4.78 is 5.53. The summed E-state index contributed by atoms with van der Waals surface area (Å²) in [5.41, 5.74) is 8.14. The summed E-state index contributed by atoms with van der Waals surface area (Å²) in [7, 11) is 0. The van der Waals surface area contributed by atoms with E-state index in [0.29, 0.717) is 17.0 Å². The van der Waals surface area contributed by atoms with E-state index in [1.54, 1.807) is 0 Å². The van der Waals surface area contributed by atoms with Gasteiger partial charge in [0.15, 0.2) is 5.78 Å². The van der Waals surface area contributed by atoms with Crippen LogP contribution in [-0.2, 0) is 14.3 Å². The molecule has 3 N–H and O–H groups in total. The molecule has 2 amide bonds. The van der Waals surface area contributed by atoms with Gasteiger partial charge in [-0.25, -0.2) is 0 Å². The third-order valence-electron chi connectivity index (χ3n) is 9.57. The molecule has 2 aliphatic carbocycles. The van der Waals surface area contributed by atoms with Crippen LogP contribution in [0.1, 0.15) is 91.1 Å². The number of carbonyl (C=O) groups is 3. The lowest BCUT2D eigenvalue weighted by Gasteiger charge is -2.36. The Hall–Kier alpha value is -2.29. The molecule has 5 fully saturated rings. The maximum absolute atomic E-state index is 14.3. The third-order valence-corrected chi connectivity index (χ3v) is 9.57. The number of hydrogen-bond acceptors (Lipinski definition) is 6. The molecule has 6 rings (SSSR count). The molecule has 8 heteroatoms. The van der Waals surface area contributed by atoms with Crippen LogP contribution in [0.5, 0.6) is 0 Å². The van der Waals surface area contributed by atoms with Gasteiger partial charge in [0.2, 0.25) is 11.8 Å². The second-order valence-electron chi connectivity index (χ2n) is 11.9. The highest BCUT2D eigenvalue weighted by atomic mass is 16.5. The molecule has 8 nitrogen and oxygen atoms in total. The van der Waals surface area contributed by atoms with Gasteiger partial charge in [0, 0.05) is 11.6 Å². The van der Waals surface area contributed by atoms with Gasteiger partial charge in [-0.05, 0) is 80.6 Å². The first-order valence-corrected chi connectivity index (χ1v) is 14.2. The number of ether oxygens (including phenoxy) is 1. The SMILES string of the molecule is NC(=O)c1ccc(C2CCN(C3CC3)CC2)cc1[C@@H](C(=O)N1C[C@H](O)[C@H]2OCC(=O)[C@H]21)C1CCCCC1. The normalized spacial score (nSPS) is 30.5. The molecule has 3 saturated heterocycles. The summed E-state index contributed by atoms with van der Waals surface area (Å²) in [6.07, 6.45) is 8.23. The predicted molar refractivity (Wildman–Crippen MR) is 137 cm³/mol. The van der Waals surface area contributed by atoms with E-state index in [0.717, 1.165) is 64.1 Å². The number of nitrogens with two attached hydrogens (primary N) is 1. The van der Waals surface area contributed by atoms with Gasteiger partial charge in [-0.1, -0.05) is 31.4 Å². The summed E-state index contributed by atoms with van der Waals surface area (Å²) in [5.74, 6) is -0.975. The Kier molecular flexibility index (Phi) is 6.84. The van der Waals surface area contributed by atoms with Gasteiger partial charge in [0.1, 0.15) is 24.9 Å². The summed E-state index contributed by atoms with van der Waals surface area (Å²) >= 11 is 0. The number of aliphatic hydroxyl groups is 1. The van der Waals surface area contributed by atoms with Crippen LogP contribution in [-0.4, -0.2) is 83.0 Å². The third kappa shape index (κ3) is 4.72. The lowest BCUT2D eigenvalue weighted by molar-refractivity contribution is -0.139. The molecule has 0 radical (unpaired) electrons. The van der Waals surface area contributed by atoms with E-state index in [1.165, 1.54) is 23.3 Å². The highest BCUT2D eigenvalue weighted by molar-refractivity contribution is 5.99. The molecule has 0 aromatic heterocycles. The lowest BCUT2D eigenvalue weighted by Crippen LogP contribution is -2.46. The second kappa shape index (κ2) is 10.1. The number of benzene rings is 1. The monoisotopic (exact) mass is 509 g/mol. The van der Waals surface area contributed by atoms with Crippen molar-refractivity contribution in [1.82, 2.24) is 9.80 Å². The highest BCUT2D eigenvalue weighted by Gasteiger charge is 2.53. The van der Waals surface area contributed by atoms with Gasteiger partial charge < -0.3 is 25.4 Å². The number of rotatable bonds is 6. The quantitative estimate of drug-likeness (QED) is 0.609. The number of carbonyl (C=O) groups excluding carboxylic acids is 3. The molecule has 3 heterocycles. The van der Waals surface area contributed by atoms with Crippen LogP contribution < -0.4 is 5.73 Å². The number of likely N-dealkylation sites (tertiary alicyclic amines) is 2. The number of amides is 2. The topological polar surface area (TPSA) is 113 Å². The minimum absolute atomic E-state index is 0.0694. The summed E-state index contributed by atoms with van der Waals surface area (Å²) in [4.78, 5) is 43.7. The smallest absolute Gasteiger partial charge is 0.249 e. The largest absolute Gasteiger partial charge is 0.388 e. The predicted octanol–water partition coefficient (Wildman–Crippen LogP) is 2.33. The van der Waals surface area contributed by atoms with Gasteiger partial charge >= 0.3 is 0 Å². The first kappa shape index (κ1) is 25.0. The van der Waals surface area contributed by atoms with Gasteiger partial charge in [0.05, 0.1) is 12.5 Å². The van der Waals surface area contributed by atoms with E-state index >= 15 is 0 Å². The molecule has 200 valence electrons. The van der Waals surface area contributed by atoms with Crippen molar-refractivity contribution in [3.63, 3.8) is 0 Å². The highest BCUT2D eigenvalue weighted by Crippen LogP contribution is 2.42. The minimum Gasteiger partial charge on any atom is -0.388 e. The number of β-amino-alcohol motifs (C(OH)–C–C–N with tert-alkyl or cyclic N) is 1. The number of fused-ring (bicyclic) bond motifs is 1. The summed E-state index contributed by atoms with van der Waals surface area (Å²) in [6.45, 7) is 2.17. The van der Waals surface area contributed by atoms with Crippen molar-refractivity contribution < 1.29 is 24.2 Å².